The average Bonchev–Trinajstić information content (AvgIpc) is 2.97. The molecule has 0 aromatic rings. The fourth-order valence-electron chi connectivity index (χ4n) is 3.48. The molecule has 0 aromatic carbocycles. The van der Waals surface area contributed by atoms with Crippen LogP contribution in [0.3, 0.4) is 0 Å². The highest BCUT2D eigenvalue weighted by Gasteiger charge is 2.41. The van der Waals surface area contributed by atoms with Crippen LogP contribution in [0.5, 0.6) is 0 Å². The zero-order chi connectivity index (χ0) is 15.5. The van der Waals surface area contributed by atoms with Gasteiger partial charge in [0.1, 0.15) is 0 Å². The minimum absolute atomic E-state index is 0.178. The number of guanidine groups is 1. The summed E-state index contributed by atoms with van der Waals surface area (Å²) in [6.07, 6.45) is 4.39. The number of nitrogens with one attached hydrogen (secondary N) is 2. The monoisotopic (exact) mass is 296 g/mol. The van der Waals surface area contributed by atoms with E-state index in [4.69, 9.17) is 9.73 Å². The second kappa shape index (κ2) is 6.97. The van der Waals surface area contributed by atoms with Gasteiger partial charge in [0.05, 0.1) is 18.2 Å². The SMILES string of the molecule is CCNC(=NCC(C)(C)CN(C)C)NC1CC2CCC1O2. The van der Waals surface area contributed by atoms with Crippen molar-refractivity contribution >= 4 is 5.96 Å². The van der Waals surface area contributed by atoms with E-state index in [0.29, 0.717) is 18.2 Å². The molecule has 2 rings (SSSR count). The third-order valence-corrected chi connectivity index (χ3v) is 4.18. The number of aliphatic imine (C=N–C) groups is 1. The summed E-state index contributed by atoms with van der Waals surface area (Å²) in [6, 6.07) is 0.429. The van der Waals surface area contributed by atoms with Gasteiger partial charge in [0, 0.05) is 19.6 Å². The van der Waals surface area contributed by atoms with E-state index in [1.807, 2.05) is 0 Å². The number of ether oxygens (including phenoxy) is 1. The van der Waals surface area contributed by atoms with Crippen LogP contribution < -0.4 is 10.6 Å². The van der Waals surface area contributed by atoms with Crippen molar-refractivity contribution in [3.8, 4) is 0 Å². The van der Waals surface area contributed by atoms with Gasteiger partial charge < -0.3 is 20.3 Å². The maximum Gasteiger partial charge on any atom is 0.191 e. The molecule has 3 atom stereocenters. The van der Waals surface area contributed by atoms with Crippen LogP contribution in [0.4, 0.5) is 0 Å². The molecule has 0 aliphatic carbocycles. The summed E-state index contributed by atoms with van der Waals surface area (Å²) in [5.74, 6) is 0.936. The summed E-state index contributed by atoms with van der Waals surface area (Å²) in [5.41, 5.74) is 0.178. The molecule has 2 aliphatic heterocycles. The molecule has 122 valence electrons. The minimum Gasteiger partial charge on any atom is -0.373 e. The standard InChI is InChI=1S/C16H32N4O/c1-6-17-15(18-10-16(2,3)11-20(4)5)19-13-9-12-7-8-14(13)21-12/h12-14H,6-11H2,1-5H3,(H2,17,18,19). The third-order valence-electron chi connectivity index (χ3n) is 4.18. The van der Waals surface area contributed by atoms with Gasteiger partial charge in [0.25, 0.3) is 0 Å². The number of rotatable bonds is 6. The largest absolute Gasteiger partial charge is 0.373 e. The van der Waals surface area contributed by atoms with E-state index in [1.54, 1.807) is 0 Å². The first-order valence-corrected chi connectivity index (χ1v) is 8.24. The molecule has 5 nitrogen and oxygen atoms in total. The van der Waals surface area contributed by atoms with E-state index < -0.39 is 0 Å². The van der Waals surface area contributed by atoms with Crippen molar-refractivity contribution in [2.45, 2.75) is 58.3 Å². The van der Waals surface area contributed by atoms with Crippen LogP contribution in [0.25, 0.3) is 0 Å². The Morgan fingerprint density at radius 3 is 2.62 bits per heavy atom. The van der Waals surface area contributed by atoms with Crippen molar-refractivity contribution in [3.05, 3.63) is 0 Å². The average molecular weight is 296 g/mol. The van der Waals surface area contributed by atoms with Gasteiger partial charge in [-0.25, -0.2) is 0 Å². The summed E-state index contributed by atoms with van der Waals surface area (Å²) >= 11 is 0. The molecular formula is C16H32N4O. The zero-order valence-corrected chi connectivity index (χ0v) is 14.3. The molecule has 2 heterocycles. The molecule has 2 saturated heterocycles. The Balaban J connectivity index is 1.90. The summed E-state index contributed by atoms with van der Waals surface area (Å²) in [5, 5.41) is 6.94. The third kappa shape index (κ3) is 4.85. The van der Waals surface area contributed by atoms with Crippen molar-refractivity contribution in [1.82, 2.24) is 15.5 Å². The van der Waals surface area contributed by atoms with Crippen LogP contribution in [0.15, 0.2) is 4.99 Å². The highest BCUT2D eigenvalue weighted by atomic mass is 16.5. The Bertz CT molecular complexity index is 367. The van der Waals surface area contributed by atoms with Crippen LogP contribution in [0, 0.1) is 5.41 Å². The normalized spacial score (nSPS) is 29.2. The maximum atomic E-state index is 5.91. The summed E-state index contributed by atoms with van der Waals surface area (Å²) in [6.45, 7) is 9.39. The Kier molecular flexibility index (Phi) is 5.49. The summed E-state index contributed by atoms with van der Waals surface area (Å²) in [7, 11) is 4.23. The molecule has 2 bridgehead atoms. The molecule has 2 aliphatic rings. The summed E-state index contributed by atoms with van der Waals surface area (Å²) < 4.78 is 5.91. The van der Waals surface area contributed by atoms with E-state index in [-0.39, 0.29) is 5.41 Å². The molecule has 0 spiro atoms. The summed E-state index contributed by atoms with van der Waals surface area (Å²) in [4.78, 5) is 7.02. The fraction of sp³-hybridized carbons (Fsp3) is 0.938. The Labute approximate surface area is 129 Å². The van der Waals surface area contributed by atoms with Gasteiger partial charge in [-0.15, -0.1) is 0 Å². The van der Waals surface area contributed by atoms with Crippen LogP contribution in [0.2, 0.25) is 0 Å². The van der Waals surface area contributed by atoms with Crippen LogP contribution >= 0.6 is 0 Å². The van der Waals surface area contributed by atoms with Crippen LogP contribution in [0.1, 0.15) is 40.0 Å². The lowest BCUT2D eigenvalue weighted by Crippen LogP contribution is -2.48. The van der Waals surface area contributed by atoms with Gasteiger partial charge in [-0.05, 0) is 45.7 Å². The number of hydrogen-bond acceptors (Lipinski definition) is 3. The lowest BCUT2D eigenvalue weighted by molar-refractivity contribution is 0.0992. The predicted octanol–water partition coefficient (Wildman–Crippen LogP) is 1.45. The quantitative estimate of drug-likeness (QED) is 0.575. The van der Waals surface area contributed by atoms with Crippen molar-refractivity contribution in [2.75, 3.05) is 33.7 Å². The van der Waals surface area contributed by atoms with Crippen molar-refractivity contribution < 1.29 is 4.74 Å². The zero-order valence-electron chi connectivity index (χ0n) is 14.3. The van der Waals surface area contributed by atoms with Gasteiger partial charge in [-0.2, -0.15) is 0 Å². The Morgan fingerprint density at radius 2 is 2.10 bits per heavy atom. The second-order valence-corrected chi connectivity index (χ2v) is 7.46. The van der Waals surface area contributed by atoms with E-state index in [2.05, 4.69) is 50.4 Å². The van der Waals surface area contributed by atoms with Crippen molar-refractivity contribution in [1.29, 1.82) is 0 Å². The van der Waals surface area contributed by atoms with E-state index in [1.165, 1.54) is 12.8 Å². The van der Waals surface area contributed by atoms with E-state index in [0.717, 1.165) is 32.0 Å². The topological polar surface area (TPSA) is 48.9 Å². The maximum absolute atomic E-state index is 5.91. The first-order valence-electron chi connectivity index (χ1n) is 8.24. The number of hydrogen-bond donors (Lipinski definition) is 2. The molecule has 3 unspecified atom stereocenters. The van der Waals surface area contributed by atoms with Crippen molar-refractivity contribution in [2.24, 2.45) is 10.4 Å². The molecular weight excluding hydrogens is 264 g/mol. The van der Waals surface area contributed by atoms with Crippen LogP contribution in [-0.4, -0.2) is 62.8 Å². The molecule has 0 amide bonds. The molecule has 0 aromatic heterocycles. The molecule has 0 radical (unpaired) electrons. The van der Waals surface area contributed by atoms with Gasteiger partial charge in [-0.1, -0.05) is 13.8 Å². The van der Waals surface area contributed by atoms with Gasteiger partial charge in [0.15, 0.2) is 5.96 Å². The second-order valence-electron chi connectivity index (χ2n) is 7.46. The van der Waals surface area contributed by atoms with Gasteiger partial charge in [-0.3, -0.25) is 4.99 Å². The first kappa shape index (κ1) is 16.6. The molecule has 0 saturated carbocycles. The molecule has 5 heteroatoms. The van der Waals surface area contributed by atoms with Gasteiger partial charge >= 0.3 is 0 Å². The van der Waals surface area contributed by atoms with E-state index in [9.17, 15) is 0 Å². The number of nitrogens with zero attached hydrogens (tertiary/aromatic N) is 2. The fourth-order valence-corrected chi connectivity index (χ4v) is 3.48. The highest BCUT2D eigenvalue weighted by molar-refractivity contribution is 5.80. The first-order chi connectivity index (χ1) is 9.89. The molecule has 21 heavy (non-hydrogen) atoms. The number of fused-ring (bicyclic) bond motifs is 2. The smallest absolute Gasteiger partial charge is 0.191 e. The van der Waals surface area contributed by atoms with Gasteiger partial charge in [0.2, 0.25) is 0 Å². The predicted molar refractivity (Wildman–Crippen MR) is 87.7 cm³/mol. The Morgan fingerprint density at radius 1 is 1.33 bits per heavy atom. The molecule has 2 fully saturated rings. The van der Waals surface area contributed by atoms with Crippen LogP contribution in [-0.2, 0) is 4.74 Å². The Hall–Kier alpha value is -0.810. The minimum atomic E-state index is 0.178. The van der Waals surface area contributed by atoms with E-state index >= 15 is 0 Å². The highest BCUT2D eigenvalue weighted by Crippen LogP contribution is 2.34. The lowest BCUT2D eigenvalue weighted by Gasteiger charge is -2.28. The van der Waals surface area contributed by atoms with Crippen molar-refractivity contribution in [3.63, 3.8) is 0 Å². The lowest BCUT2D eigenvalue weighted by atomic mass is 9.93. The molecule has 2 N–H and O–H groups in total.